The zero-order valence-corrected chi connectivity index (χ0v) is 14.8. The number of fused-ring (bicyclic) bond motifs is 1. The van der Waals surface area contributed by atoms with Crippen LogP contribution in [0.5, 0.6) is 11.5 Å². The Morgan fingerprint density at radius 3 is 2.52 bits per heavy atom. The van der Waals surface area contributed by atoms with Crippen molar-refractivity contribution in [2.45, 2.75) is 25.5 Å². The van der Waals surface area contributed by atoms with E-state index < -0.39 is 12.1 Å². The van der Waals surface area contributed by atoms with Gasteiger partial charge in [0.2, 0.25) is 0 Å². The molecule has 0 spiro atoms. The van der Waals surface area contributed by atoms with Crippen LogP contribution in [0.2, 0.25) is 0 Å². The number of carboxylic acid groups (broad SMARTS) is 1. The first-order chi connectivity index (χ1) is 12.8. The molecule has 0 saturated heterocycles. The van der Waals surface area contributed by atoms with Gasteiger partial charge in [0.25, 0.3) is 0 Å². The minimum Gasteiger partial charge on any atom is -0.508 e. The molecule has 0 aliphatic carbocycles. The maximum atomic E-state index is 11.2. The van der Waals surface area contributed by atoms with Crippen LogP contribution in [0.1, 0.15) is 34.6 Å². The van der Waals surface area contributed by atoms with Crippen LogP contribution in [0.4, 0.5) is 0 Å². The van der Waals surface area contributed by atoms with Gasteiger partial charge in [0, 0.05) is 18.0 Å². The van der Waals surface area contributed by atoms with Gasteiger partial charge in [-0.15, -0.1) is 0 Å². The van der Waals surface area contributed by atoms with Gasteiger partial charge in [-0.05, 0) is 48.7 Å². The third-order valence-corrected chi connectivity index (χ3v) is 4.53. The zero-order valence-electron chi connectivity index (χ0n) is 14.8. The first-order valence-corrected chi connectivity index (χ1v) is 8.62. The van der Waals surface area contributed by atoms with E-state index in [0.29, 0.717) is 16.5 Å². The third-order valence-electron chi connectivity index (χ3n) is 4.53. The molecule has 3 rings (SSSR count). The van der Waals surface area contributed by atoms with Crippen LogP contribution in [0.15, 0.2) is 42.5 Å². The van der Waals surface area contributed by atoms with Crippen LogP contribution >= 0.6 is 0 Å². The molecule has 0 saturated carbocycles. The van der Waals surface area contributed by atoms with E-state index in [0.717, 1.165) is 12.0 Å². The first-order valence-electron chi connectivity index (χ1n) is 8.62. The fourth-order valence-corrected chi connectivity index (χ4v) is 3.11. The second kappa shape index (κ2) is 7.69. The lowest BCUT2D eigenvalue weighted by Gasteiger charge is -2.18. The van der Waals surface area contributed by atoms with E-state index in [1.54, 1.807) is 18.2 Å². The molecule has 7 heteroatoms. The zero-order chi connectivity index (χ0) is 19.6. The van der Waals surface area contributed by atoms with Crippen LogP contribution in [-0.2, 0) is 6.42 Å². The van der Waals surface area contributed by atoms with Gasteiger partial charge in [0.05, 0.1) is 11.6 Å². The molecule has 6 N–H and O–H groups in total. The summed E-state index contributed by atoms with van der Waals surface area (Å²) in [5.74, 6) is -0.979. The Bertz CT molecular complexity index is 949. The summed E-state index contributed by atoms with van der Waals surface area (Å²) in [6, 6.07) is 11.5. The number of benzene rings is 2. The SMILES string of the molecule is CC(Cc1ccc(O)cc1)NCC(O)c1ccc(O)c2[nH]c(C(=O)O)cc12. The second-order valence-electron chi connectivity index (χ2n) is 6.65. The Hall–Kier alpha value is -3.03. The lowest BCUT2D eigenvalue weighted by Crippen LogP contribution is -2.32. The standard InChI is InChI=1S/C20H22N2O5/c1-11(8-12-2-4-13(23)5-3-12)21-10-18(25)14-6-7-17(24)19-15(14)9-16(22-19)20(26)27/h2-7,9,11,18,21-25H,8,10H2,1H3,(H,26,27). The van der Waals surface area contributed by atoms with Gasteiger partial charge in [-0.3, -0.25) is 0 Å². The van der Waals surface area contributed by atoms with Crippen molar-refractivity contribution in [1.29, 1.82) is 0 Å². The summed E-state index contributed by atoms with van der Waals surface area (Å²) < 4.78 is 0. The van der Waals surface area contributed by atoms with E-state index in [-0.39, 0.29) is 29.8 Å². The van der Waals surface area contributed by atoms with E-state index >= 15 is 0 Å². The van der Waals surface area contributed by atoms with Crippen molar-refractivity contribution in [3.8, 4) is 11.5 Å². The molecule has 1 heterocycles. The molecule has 0 aliphatic rings. The Labute approximate surface area is 155 Å². The average molecular weight is 370 g/mol. The lowest BCUT2D eigenvalue weighted by molar-refractivity contribution is 0.0691. The maximum absolute atomic E-state index is 11.2. The molecular formula is C20H22N2O5. The van der Waals surface area contributed by atoms with Crippen molar-refractivity contribution in [2.75, 3.05) is 6.54 Å². The number of aromatic amines is 1. The highest BCUT2D eigenvalue weighted by molar-refractivity contribution is 5.97. The number of phenols is 2. The molecule has 0 bridgehead atoms. The van der Waals surface area contributed by atoms with E-state index in [2.05, 4.69) is 10.3 Å². The number of carboxylic acids is 1. The van der Waals surface area contributed by atoms with Crippen molar-refractivity contribution < 1.29 is 25.2 Å². The molecule has 142 valence electrons. The summed E-state index contributed by atoms with van der Waals surface area (Å²) in [7, 11) is 0. The number of aromatic hydroxyl groups is 2. The van der Waals surface area contributed by atoms with Gasteiger partial charge in [-0.1, -0.05) is 18.2 Å². The highest BCUT2D eigenvalue weighted by atomic mass is 16.4. The molecule has 3 aromatic rings. The number of rotatable bonds is 7. The van der Waals surface area contributed by atoms with Crippen molar-refractivity contribution in [3.63, 3.8) is 0 Å². The molecule has 0 aliphatic heterocycles. The number of hydrogen-bond acceptors (Lipinski definition) is 5. The molecule has 2 aromatic carbocycles. The Kier molecular flexibility index (Phi) is 5.34. The van der Waals surface area contributed by atoms with Gasteiger partial charge in [0.1, 0.15) is 17.2 Å². The largest absolute Gasteiger partial charge is 0.508 e. The normalized spacial score (nSPS) is 13.6. The van der Waals surface area contributed by atoms with Crippen molar-refractivity contribution in [3.05, 3.63) is 59.3 Å². The van der Waals surface area contributed by atoms with Crippen LogP contribution in [0.25, 0.3) is 10.9 Å². The van der Waals surface area contributed by atoms with E-state index in [4.69, 9.17) is 5.11 Å². The highest BCUT2D eigenvalue weighted by Crippen LogP contribution is 2.31. The molecule has 2 unspecified atom stereocenters. The number of aromatic nitrogens is 1. The number of carbonyl (C=O) groups is 1. The second-order valence-corrected chi connectivity index (χ2v) is 6.65. The molecular weight excluding hydrogens is 348 g/mol. The number of aliphatic hydroxyl groups is 1. The summed E-state index contributed by atoms with van der Waals surface area (Å²) in [6.07, 6.45) is -0.140. The van der Waals surface area contributed by atoms with Gasteiger partial charge in [0.15, 0.2) is 0 Å². The highest BCUT2D eigenvalue weighted by Gasteiger charge is 2.18. The fraction of sp³-hybridized carbons (Fsp3) is 0.250. The Balaban J connectivity index is 1.70. The van der Waals surface area contributed by atoms with Crippen molar-refractivity contribution in [2.24, 2.45) is 0 Å². The van der Waals surface area contributed by atoms with Crippen LogP contribution < -0.4 is 5.32 Å². The quantitative estimate of drug-likeness (QED) is 0.380. The van der Waals surface area contributed by atoms with Gasteiger partial charge < -0.3 is 30.7 Å². The predicted octanol–water partition coefficient (Wildman–Crippen LogP) is 2.53. The van der Waals surface area contributed by atoms with Crippen molar-refractivity contribution in [1.82, 2.24) is 10.3 Å². The monoisotopic (exact) mass is 370 g/mol. The summed E-state index contributed by atoms with van der Waals surface area (Å²) in [5, 5.41) is 42.7. The first kappa shape index (κ1) is 18.8. The summed E-state index contributed by atoms with van der Waals surface area (Å²) >= 11 is 0. The van der Waals surface area contributed by atoms with E-state index in [1.165, 1.54) is 12.1 Å². The van der Waals surface area contributed by atoms with Gasteiger partial charge >= 0.3 is 5.97 Å². The lowest BCUT2D eigenvalue weighted by atomic mass is 10.0. The molecule has 7 nitrogen and oxygen atoms in total. The van der Waals surface area contributed by atoms with Gasteiger partial charge in [-0.25, -0.2) is 4.79 Å². The Morgan fingerprint density at radius 1 is 1.15 bits per heavy atom. The molecule has 27 heavy (non-hydrogen) atoms. The van der Waals surface area contributed by atoms with E-state index in [9.17, 15) is 20.1 Å². The smallest absolute Gasteiger partial charge is 0.352 e. The van der Waals surface area contributed by atoms with Gasteiger partial charge in [-0.2, -0.15) is 0 Å². The summed E-state index contributed by atoms with van der Waals surface area (Å²) in [6.45, 7) is 2.26. The maximum Gasteiger partial charge on any atom is 0.352 e. The van der Waals surface area contributed by atoms with Crippen molar-refractivity contribution >= 4 is 16.9 Å². The molecule has 1 aromatic heterocycles. The van der Waals surface area contributed by atoms with Crippen LogP contribution in [0, 0.1) is 0 Å². The average Bonchev–Trinajstić information content (AvgIpc) is 3.08. The minimum absolute atomic E-state index is 0.0476. The number of phenolic OH excluding ortho intramolecular Hbond substituents is 2. The number of hydrogen-bond donors (Lipinski definition) is 6. The van der Waals surface area contributed by atoms with Crippen LogP contribution in [0.3, 0.4) is 0 Å². The number of nitrogens with one attached hydrogen (secondary N) is 2. The number of aliphatic hydroxyl groups excluding tert-OH is 1. The molecule has 0 amide bonds. The topological polar surface area (TPSA) is 126 Å². The fourth-order valence-electron chi connectivity index (χ4n) is 3.11. The minimum atomic E-state index is -1.13. The molecule has 2 atom stereocenters. The molecule has 0 fully saturated rings. The van der Waals surface area contributed by atoms with E-state index in [1.807, 2.05) is 19.1 Å². The number of aromatic carboxylic acids is 1. The van der Waals surface area contributed by atoms with Crippen LogP contribution in [-0.4, -0.2) is 44.0 Å². The summed E-state index contributed by atoms with van der Waals surface area (Å²) in [4.78, 5) is 13.8. The predicted molar refractivity (Wildman–Crippen MR) is 101 cm³/mol. The molecule has 0 radical (unpaired) electrons. The third kappa shape index (κ3) is 4.21. The number of H-pyrrole nitrogens is 1. The Morgan fingerprint density at radius 2 is 1.85 bits per heavy atom. The summed E-state index contributed by atoms with van der Waals surface area (Å²) in [5.41, 5.74) is 1.84.